The molecule has 0 amide bonds. The molecule has 3 heteroatoms. The Bertz CT molecular complexity index is 184. The Morgan fingerprint density at radius 1 is 1.20 bits per heavy atom. The molecule has 0 aromatic heterocycles. The maximum atomic E-state index is 10.4. The van der Waals surface area contributed by atoms with Gasteiger partial charge in [0.05, 0.1) is 0 Å². The summed E-state index contributed by atoms with van der Waals surface area (Å²) in [6.45, 7) is 10.2. The minimum absolute atomic E-state index is 0. The number of aliphatic imine (C=N–C) groups is 1. The smallest absolute Gasteiger partial charge is 0.102 e. The van der Waals surface area contributed by atoms with Gasteiger partial charge in [0, 0.05) is 44.5 Å². The SMILES string of the molecule is CCCC(O)(CCC)C(C)=NC(C)C.[Y]. The molecule has 0 saturated heterocycles. The molecule has 15 heavy (non-hydrogen) atoms. The molecule has 0 aliphatic rings. The van der Waals surface area contributed by atoms with Crippen LogP contribution >= 0.6 is 0 Å². The van der Waals surface area contributed by atoms with Crippen LogP contribution in [0.3, 0.4) is 0 Å². The zero-order chi connectivity index (χ0) is 11.2. The van der Waals surface area contributed by atoms with E-state index in [1.54, 1.807) is 0 Å². The molecule has 87 valence electrons. The average Bonchev–Trinajstić information content (AvgIpc) is 2.03. The van der Waals surface area contributed by atoms with E-state index in [0.717, 1.165) is 31.4 Å². The Balaban J connectivity index is 0. The molecule has 0 rings (SSSR count). The van der Waals surface area contributed by atoms with Gasteiger partial charge in [-0.3, -0.25) is 4.99 Å². The van der Waals surface area contributed by atoms with Crippen LogP contribution in [-0.2, 0) is 32.7 Å². The molecule has 0 fully saturated rings. The van der Waals surface area contributed by atoms with E-state index in [4.69, 9.17) is 0 Å². The predicted molar refractivity (Wildman–Crippen MR) is 63.0 cm³/mol. The first-order valence-electron chi connectivity index (χ1n) is 5.73. The number of rotatable bonds is 6. The van der Waals surface area contributed by atoms with E-state index in [-0.39, 0.29) is 38.8 Å². The molecule has 0 saturated carbocycles. The van der Waals surface area contributed by atoms with Crippen molar-refractivity contribution in [1.82, 2.24) is 0 Å². The predicted octanol–water partition coefficient (Wildman–Crippen LogP) is 3.18. The normalized spacial score (nSPS) is 12.9. The van der Waals surface area contributed by atoms with E-state index >= 15 is 0 Å². The van der Waals surface area contributed by atoms with Crippen LogP contribution in [0.2, 0.25) is 0 Å². The van der Waals surface area contributed by atoms with Gasteiger partial charge in [-0.15, -0.1) is 0 Å². The first kappa shape index (κ1) is 18.1. The monoisotopic (exact) mass is 288 g/mol. The summed E-state index contributed by atoms with van der Waals surface area (Å²) in [5.74, 6) is 0. The van der Waals surface area contributed by atoms with Gasteiger partial charge in [0.1, 0.15) is 5.60 Å². The number of aliphatic hydroxyl groups is 1. The fraction of sp³-hybridized carbons (Fsp3) is 0.917. The summed E-state index contributed by atoms with van der Waals surface area (Å²) in [5.41, 5.74) is 0.240. The van der Waals surface area contributed by atoms with Crippen LogP contribution in [0.4, 0.5) is 0 Å². The van der Waals surface area contributed by atoms with Gasteiger partial charge in [0.15, 0.2) is 0 Å². The summed E-state index contributed by atoms with van der Waals surface area (Å²) in [7, 11) is 0. The zero-order valence-corrected chi connectivity index (χ0v) is 13.7. The molecule has 0 atom stereocenters. The molecule has 2 nitrogen and oxygen atoms in total. The van der Waals surface area contributed by atoms with Gasteiger partial charge >= 0.3 is 0 Å². The number of hydrogen-bond acceptors (Lipinski definition) is 2. The summed E-state index contributed by atoms with van der Waals surface area (Å²) >= 11 is 0. The molecule has 0 heterocycles. The molecular weight excluding hydrogens is 263 g/mol. The molecule has 0 bridgehead atoms. The Hall–Kier alpha value is 0.734. The van der Waals surface area contributed by atoms with Gasteiger partial charge in [-0.05, 0) is 33.6 Å². The minimum Gasteiger partial charge on any atom is -0.384 e. The fourth-order valence-corrected chi connectivity index (χ4v) is 1.82. The molecule has 0 aromatic carbocycles. The summed E-state index contributed by atoms with van der Waals surface area (Å²) in [4.78, 5) is 4.45. The van der Waals surface area contributed by atoms with Crippen molar-refractivity contribution >= 4 is 5.71 Å². The fourth-order valence-electron chi connectivity index (χ4n) is 1.82. The second-order valence-electron chi connectivity index (χ2n) is 4.34. The van der Waals surface area contributed by atoms with Crippen molar-refractivity contribution in [2.75, 3.05) is 0 Å². The van der Waals surface area contributed by atoms with E-state index in [9.17, 15) is 5.11 Å². The third kappa shape index (κ3) is 6.81. The Morgan fingerprint density at radius 3 is 1.87 bits per heavy atom. The molecule has 1 radical (unpaired) electrons. The summed E-state index contributed by atoms with van der Waals surface area (Å²) in [6, 6.07) is 0.273. The topological polar surface area (TPSA) is 32.6 Å². The van der Waals surface area contributed by atoms with E-state index in [1.807, 2.05) is 20.8 Å². The van der Waals surface area contributed by atoms with Crippen LogP contribution in [-0.4, -0.2) is 22.5 Å². The summed E-state index contributed by atoms with van der Waals surface area (Å²) in [6.07, 6.45) is 3.65. The van der Waals surface area contributed by atoms with Crippen LogP contribution in [0.1, 0.15) is 60.3 Å². The number of hydrogen-bond donors (Lipinski definition) is 1. The van der Waals surface area contributed by atoms with Crippen molar-refractivity contribution in [2.45, 2.75) is 71.9 Å². The maximum Gasteiger partial charge on any atom is 0.102 e. The second-order valence-corrected chi connectivity index (χ2v) is 4.34. The first-order valence-corrected chi connectivity index (χ1v) is 5.73. The molecule has 0 unspecified atom stereocenters. The van der Waals surface area contributed by atoms with Gasteiger partial charge in [0.25, 0.3) is 0 Å². The van der Waals surface area contributed by atoms with Gasteiger partial charge in [-0.1, -0.05) is 26.7 Å². The second kappa shape index (κ2) is 8.84. The van der Waals surface area contributed by atoms with E-state index in [1.165, 1.54) is 0 Å². The van der Waals surface area contributed by atoms with Gasteiger partial charge in [0.2, 0.25) is 0 Å². The van der Waals surface area contributed by atoms with Crippen LogP contribution in [0.5, 0.6) is 0 Å². The van der Waals surface area contributed by atoms with E-state index in [0.29, 0.717) is 0 Å². The third-order valence-corrected chi connectivity index (χ3v) is 2.45. The number of nitrogens with zero attached hydrogens (tertiary/aromatic N) is 1. The van der Waals surface area contributed by atoms with Crippen molar-refractivity contribution in [1.29, 1.82) is 0 Å². The largest absolute Gasteiger partial charge is 0.384 e. The van der Waals surface area contributed by atoms with Crippen LogP contribution in [0.15, 0.2) is 4.99 Å². The first-order chi connectivity index (χ1) is 6.46. The van der Waals surface area contributed by atoms with Crippen molar-refractivity contribution in [3.63, 3.8) is 0 Å². The van der Waals surface area contributed by atoms with Gasteiger partial charge < -0.3 is 5.11 Å². The molecule has 0 aliphatic carbocycles. The van der Waals surface area contributed by atoms with E-state index < -0.39 is 5.60 Å². The van der Waals surface area contributed by atoms with Gasteiger partial charge in [-0.2, -0.15) is 0 Å². The van der Waals surface area contributed by atoms with Crippen molar-refractivity contribution < 1.29 is 37.8 Å². The van der Waals surface area contributed by atoms with Crippen LogP contribution in [0.25, 0.3) is 0 Å². The van der Waals surface area contributed by atoms with Gasteiger partial charge in [-0.25, -0.2) is 0 Å². The molecule has 1 N–H and O–H groups in total. The Labute approximate surface area is 120 Å². The summed E-state index contributed by atoms with van der Waals surface area (Å²) in [5, 5.41) is 10.4. The Morgan fingerprint density at radius 2 is 1.60 bits per heavy atom. The van der Waals surface area contributed by atoms with Crippen molar-refractivity contribution in [3.8, 4) is 0 Å². The Kier molecular flexibility index (Phi) is 10.7. The standard InChI is InChI=1S/C12H25NO.Y/c1-6-8-12(14,9-7-2)11(5)13-10(3)4;/h10,14H,6-9H2,1-5H3;. The van der Waals surface area contributed by atoms with E-state index in [2.05, 4.69) is 18.8 Å². The summed E-state index contributed by atoms with van der Waals surface area (Å²) < 4.78 is 0. The molecule has 0 aromatic rings. The maximum absolute atomic E-state index is 10.4. The molecule has 0 spiro atoms. The third-order valence-electron chi connectivity index (χ3n) is 2.45. The van der Waals surface area contributed by atoms with Crippen molar-refractivity contribution in [3.05, 3.63) is 0 Å². The molecular formula is C12H25NOY. The zero-order valence-electron chi connectivity index (χ0n) is 10.9. The van der Waals surface area contributed by atoms with Crippen LogP contribution < -0.4 is 0 Å². The molecule has 0 aliphatic heterocycles. The quantitative estimate of drug-likeness (QED) is 0.748. The average molecular weight is 288 g/mol. The van der Waals surface area contributed by atoms with Crippen molar-refractivity contribution in [2.24, 2.45) is 4.99 Å². The minimum atomic E-state index is -0.659. The van der Waals surface area contributed by atoms with Crippen LogP contribution in [0, 0.1) is 0 Å².